The van der Waals surface area contributed by atoms with Gasteiger partial charge in [0.25, 0.3) is 0 Å². The molecule has 1 aliphatic rings. The first-order valence-corrected chi connectivity index (χ1v) is 11.3. The van der Waals surface area contributed by atoms with E-state index in [1.807, 2.05) is 58.0 Å². The zero-order valence-corrected chi connectivity index (χ0v) is 19.1. The summed E-state index contributed by atoms with van der Waals surface area (Å²) in [6.45, 7) is 9.58. The second kappa shape index (κ2) is 10.5. The smallest absolute Gasteiger partial charge is 0.339 e. The van der Waals surface area contributed by atoms with Crippen LogP contribution in [0, 0.1) is 25.7 Å². The van der Waals surface area contributed by atoms with Crippen molar-refractivity contribution in [3.63, 3.8) is 0 Å². The molecule has 6 heteroatoms. The van der Waals surface area contributed by atoms with Crippen LogP contribution in [0.2, 0.25) is 0 Å². The first-order valence-electron chi connectivity index (χ1n) is 11.3. The van der Waals surface area contributed by atoms with Crippen molar-refractivity contribution in [2.24, 2.45) is 11.8 Å². The molecule has 0 bridgehead atoms. The number of benzene rings is 1. The van der Waals surface area contributed by atoms with E-state index in [1.165, 1.54) is 0 Å². The molecule has 0 radical (unpaired) electrons. The zero-order chi connectivity index (χ0) is 22.4. The zero-order valence-electron chi connectivity index (χ0n) is 19.1. The summed E-state index contributed by atoms with van der Waals surface area (Å²) in [5.41, 5.74) is 3.43. The molecule has 1 N–H and O–H groups in total. The van der Waals surface area contributed by atoms with E-state index in [9.17, 15) is 9.59 Å². The monoisotopic (exact) mass is 426 g/mol. The third-order valence-corrected chi connectivity index (χ3v) is 6.17. The molecule has 31 heavy (non-hydrogen) atoms. The van der Waals surface area contributed by atoms with Gasteiger partial charge < -0.3 is 19.4 Å². The number of amides is 1. The summed E-state index contributed by atoms with van der Waals surface area (Å²) in [6.07, 6.45) is 3.74. The highest BCUT2D eigenvalue weighted by Crippen LogP contribution is 2.33. The summed E-state index contributed by atoms with van der Waals surface area (Å²) in [6, 6.07) is 9.49. The van der Waals surface area contributed by atoms with Gasteiger partial charge in [-0.25, -0.2) is 4.79 Å². The van der Waals surface area contributed by atoms with E-state index in [4.69, 9.17) is 9.47 Å². The number of hydrogen-bond acceptors (Lipinski definition) is 4. The van der Waals surface area contributed by atoms with Crippen molar-refractivity contribution in [3.8, 4) is 5.75 Å². The largest absolute Gasteiger partial charge is 0.492 e. The molecule has 0 saturated heterocycles. The van der Waals surface area contributed by atoms with E-state index >= 15 is 0 Å². The van der Waals surface area contributed by atoms with Gasteiger partial charge in [-0.3, -0.25) is 4.79 Å². The normalized spacial score (nSPS) is 18.5. The van der Waals surface area contributed by atoms with E-state index in [-0.39, 0.29) is 17.8 Å². The van der Waals surface area contributed by atoms with E-state index in [2.05, 4.69) is 9.88 Å². The van der Waals surface area contributed by atoms with Gasteiger partial charge in [-0.05, 0) is 77.5 Å². The number of anilines is 1. The summed E-state index contributed by atoms with van der Waals surface area (Å²) >= 11 is 0. The van der Waals surface area contributed by atoms with Crippen LogP contribution in [0.5, 0.6) is 5.75 Å². The number of ether oxygens (including phenoxy) is 2. The number of esters is 1. The maximum atomic E-state index is 12.8. The minimum atomic E-state index is -0.255. The van der Waals surface area contributed by atoms with E-state index in [0.717, 1.165) is 49.3 Å². The number of carbonyl (C=O) groups is 2. The fourth-order valence-corrected chi connectivity index (χ4v) is 4.45. The van der Waals surface area contributed by atoms with Gasteiger partial charge in [0.2, 0.25) is 5.91 Å². The molecule has 168 valence electrons. The first-order chi connectivity index (χ1) is 14.9. The predicted molar refractivity (Wildman–Crippen MR) is 122 cm³/mol. The van der Waals surface area contributed by atoms with Gasteiger partial charge in [0.15, 0.2) is 0 Å². The van der Waals surface area contributed by atoms with Crippen molar-refractivity contribution >= 4 is 17.6 Å². The minimum absolute atomic E-state index is 0.0212. The quantitative estimate of drug-likeness (QED) is 0.595. The fourth-order valence-electron chi connectivity index (χ4n) is 4.45. The highest BCUT2D eigenvalue weighted by atomic mass is 16.5. The van der Waals surface area contributed by atoms with Crippen molar-refractivity contribution in [2.75, 3.05) is 18.5 Å². The lowest BCUT2D eigenvalue weighted by Crippen LogP contribution is -2.29. The molecule has 0 unspecified atom stereocenters. The third kappa shape index (κ3) is 5.49. The number of para-hydroxylation sites is 2. The fraction of sp³-hybridized carbons (Fsp3) is 0.520. The molecule has 2 aromatic rings. The number of rotatable bonds is 8. The Hall–Kier alpha value is -2.76. The van der Waals surface area contributed by atoms with Crippen LogP contribution in [0.1, 0.15) is 61.3 Å². The number of nitrogens with zero attached hydrogens (tertiary/aromatic N) is 1. The van der Waals surface area contributed by atoms with Gasteiger partial charge in [-0.2, -0.15) is 0 Å². The molecule has 1 aromatic heterocycles. The van der Waals surface area contributed by atoms with Crippen LogP contribution in [-0.2, 0) is 16.1 Å². The van der Waals surface area contributed by atoms with Crippen LogP contribution in [0.15, 0.2) is 30.3 Å². The molecule has 3 rings (SSSR count). The lowest BCUT2D eigenvalue weighted by molar-refractivity contribution is -0.121. The topological polar surface area (TPSA) is 69.6 Å². The summed E-state index contributed by atoms with van der Waals surface area (Å²) in [7, 11) is 0. The van der Waals surface area contributed by atoms with Crippen LogP contribution < -0.4 is 10.1 Å². The molecule has 1 fully saturated rings. The van der Waals surface area contributed by atoms with Crippen LogP contribution in [0.25, 0.3) is 0 Å². The summed E-state index contributed by atoms with van der Waals surface area (Å²) in [5.74, 6) is 1.05. The van der Waals surface area contributed by atoms with Gasteiger partial charge in [0.1, 0.15) is 5.75 Å². The van der Waals surface area contributed by atoms with Crippen molar-refractivity contribution < 1.29 is 19.1 Å². The third-order valence-electron chi connectivity index (χ3n) is 6.17. The average molecular weight is 427 g/mol. The molecular formula is C25H34N2O4. The van der Waals surface area contributed by atoms with Crippen molar-refractivity contribution in [1.29, 1.82) is 0 Å². The van der Waals surface area contributed by atoms with Gasteiger partial charge in [0.05, 0.1) is 24.5 Å². The molecule has 1 aromatic carbocycles. The Morgan fingerprint density at radius 3 is 2.45 bits per heavy atom. The Balaban J connectivity index is 1.57. The van der Waals surface area contributed by atoms with Gasteiger partial charge in [-0.15, -0.1) is 0 Å². The average Bonchev–Trinajstić information content (AvgIpc) is 3.04. The van der Waals surface area contributed by atoms with Gasteiger partial charge >= 0.3 is 5.97 Å². The second-order valence-corrected chi connectivity index (χ2v) is 8.25. The van der Waals surface area contributed by atoms with E-state index < -0.39 is 0 Å². The molecular weight excluding hydrogens is 392 g/mol. The lowest BCUT2D eigenvalue weighted by Gasteiger charge is -2.29. The maximum Gasteiger partial charge on any atom is 0.339 e. The number of aryl methyl sites for hydroxylation is 1. The Kier molecular flexibility index (Phi) is 7.77. The van der Waals surface area contributed by atoms with E-state index in [1.54, 1.807) is 0 Å². The Bertz CT molecular complexity index is 910. The molecule has 0 aliphatic heterocycles. The highest BCUT2D eigenvalue weighted by molar-refractivity contribution is 5.94. The Morgan fingerprint density at radius 1 is 1.06 bits per heavy atom. The summed E-state index contributed by atoms with van der Waals surface area (Å²) in [5, 5.41) is 3.06. The first kappa shape index (κ1) is 22.9. The predicted octanol–water partition coefficient (Wildman–Crippen LogP) is 5.13. The van der Waals surface area contributed by atoms with Gasteiger partial charge in [0, 0.05) is 23.9 Å². The second-order valence-electron chi connectivity index (χ2n) is 8.25. The number of aromatic nitrogens is 1. The standard InChI is InChI=1S/C25H34N2O4/c1-5-30-23-10-8-7-9-22(23)26-24(28)20-13-11-19(12-14-20)16-27-17(3)15-21(18(27)4)25(29)31-6-2/h7-10,15,19-20H,5-6,11-14,16H2,1-4H3,(H,26,28). The molecule has 1 saturated carbocycles. The highest BCUT2D eigenvalue weighted by Gasteiger charge is 2.28. The van der Waals surface area contributed by atoms with Crippen LogP contribution in [0.3, 0.4) is 0 Å². The SMILES string of the molecule is CCOC(=O)c1cc(C)n(CC2CCC(C(=O)Nc3ccccc3OCC)CC2)c1C. The molecule has 0 spiro atoms. The Labute approximate surface area is 184 Å². The van der Waals surface area contributed by atoms with Crippen LogP contribution >= 0.6 is 0 Å². The molecule has 6 nitrogen and oxygen atoms in total. The molecule has 1 amide bonds. The maximum absolute atomic E-state index is 12.8. The lowest BCUT2D eigenvalue weighted by atomic mass is 9.81. The van der Waals surface area contributed by atoms with Crippen molar-refractivity contribution in [3.05, 3.63) is 47.3 Å². The van der Waals surface area contributed by atoms with Gasteiger partial charge in [-0.1, -0.05) is 12.1 Å². The van der Waals surface area contributed by atoms with Crippen LogP contribution in [0.4, 0.5) is 5.69 Å². The Morgan fingerprint density at radius 2 is 1.77 bits per heavy atom. The molecule has 1 aliphatic carbocycles. The van der Waals surface area contributed by atoms with Crippen LogP contribution in [-0.4, -0.2) is 29.7 Å². The molecule has 1 heterocycles. The summed E-state index contributed by atoms with van der Waals surface area (Å²) < 4.78 is 13.0. The minimum Gasteiger partial charge on any atom is -0.492 e. The number of carbonyl (C=O) groups excluding carboxylic acids is 2. The van der Waals surface area contributed by atoms with Crippen molar-refractivity contribution in [1.82, 2.24) is 4.57 Å². The number of hydrogen-bond donors (Lipinski definition) is 1. The number of nitrogens with one attached hydrogen (secondary N) is 1. The van der Waals surface area contributed by atoms with E-state index in [0.29, 0.717) is 30.4 Å². The molecule has 0 atom stereocenters. The summed E-state index contributed by atoms with van der Waals surface area (Å²) in [4.78, 5) is 25.0. The van der Waals surface area contributed by atoms with Crippen molar-refractivity contribution in [2.45, 2.75) is 59.9 Å².